The standard InChI is InChI=1S/C10H9Cl2N3O/c11-10(15-7-14(12)6-13-15)9(16)8-4-2-1-3-5-8/h1-6,10H,7H2. The second-order valence-electron chi connectivity index (χ2n) is 3.28. The van der Waals surface area contributed by atoms with Crippen LogP contribution in [0.2, 0.25) is 0 Å². The van der Waals surface area contributed by atoms with Crippen LogP contribution in [0.15, 0.2) is 35.4 Å². The number of carbonyl (C=O) groups is 1. The van der Waals surface area contributed by atoms with Crippen molar-refractivity contribution in [3.05, 3.63) is 35.9 Å². The lowest BCUT2D eigenvalue weighted by molar-refractivity contribution is 0.0898. The monoisotopic (exact) mass is 257 g/mol. The maximum Gasteiger partial charge on any atom is 0.202 e. The largest absolute Gasteiger partial charge is 0.290 e. The maximum absolute atomic E-state index is 11.9. The summed E-state index contributed by atoms with van der Waals surface area (Å²) in [6.07, 6.45) is 1.41. The van der Waals surface area contributed by atoms with Gasteiger partial charge in [0, 0.05) is 17.3 Å². The van der Waals surface area contributed by atoms with Gasteiger partial charge < -0.3 is 0 Å². The van der Waals surface area contributed by atoms with Gasteiger partial charge in [0.05, 0.1) is 0 Å². The maximum atomic E-state index is 11.9. The van der Waals surface area contributed by atoms with E-state index in [0.717, 1.165) is 0 Å². The highest BCUT2D eigenvalue weighted by molar-refractivity contribution is 6.33. The second-order valence-corrected chi connectivity index (χ2v) is 4.13. The number of hydrazone groups is 1. The van der Waals surface area contributed by atoms with E-state index in [4.69, 9.17) is 23.4 Å². The van der Waals surface area contributed by atoms with Gasteiger partial charge in [0.1, 0.15) is 13.0 Å². The first-order chi connectivity index (χ1) is 7.68. The molecular weight excluding hydrogens is 249 g/mol. The smallest absolute Gasteiger partial charge is 0.202 e. The lowest BCUT2D eigenvalue weighted by Gasteiger charge is -2.19. The van der Waals surface area contributed by atoms with Gasteiger partial charge in [0.25, 0.3) is 0 Å². The number of nitrogens with zero attached hydrogens (tertiary/aromatic N) is 3. The molecule has 1 aromatic carbocycles. The number of hydrogen-bond donors (Lipinski definition) is 0. The van der Waals surface area contributed by atoms with Crippen LogP contribution < -0.4 is 0 Å². The quantitative estimate of drug-likeness (QED) is 0.360. The Morgan fingerprint density at radius 1 is 1.38 bits per heavy atom. The van der Waals surface area contributed by atoms with Crippen LogP contribution >= 0.6 is 23.4 Å². The summed E-state index contributed by atoms with van der Waals surface area (Å²) < 4.78 is 1.33. The molecule has 0 amide bonds. The van der Waals surface area contributed by atoms with Crippen LogP contribution in [0.4, 0.5) is 0 Å². The van der Waals surface area contributed by atoms with E-state index in [0.29, 0.717) is 12.2 Å². The fourth-order valence-electron chi connectivity index (χ4n) is 1.34. The predicted molar refractivity (Wildman–Crippen MR) is 63.3 cm³/mol. The molecule has 6 heteroatoms. The number of carbonyl (C=O) groups excluding carboxylic acids is 1. The average Bonchev–Trinajstić information content (AvgIpc) is 2.75. The molecule has 84 valence electrons. The van der Waals surface area contributed by atoms with E-state index in [2.05, 4.69) is 5.10 Å². The predicted octanol–water partition coefficient (Wildman–Crippen LogP) is 2.11. The van der Waals surface area contributed by atoms with Gasteiger partial charge in [0.15, 0.2) is 5.50 Å². The van der Waals surface area contributed by atoms with E-state index in [1.165, 1.54) is 15.8 Å². The highest BCUT2D eigenvalue weighted by atomic mass is 35.5. The van der Waals surface area contributed by atoms with Crippen molar-refractivity contribution in [3.63, 3.8) is 0 Å². The van der Waals surface area contributed by atoms with Crippen LogP contribution in [-0.2, 0) is 0 Å². The zero-order valence-corrected chi connectivity index (χ0v) is 9.77. The molecular formula is C10H9Cl2N3O. The number of benzene rings is 1. The number of halogens is 2. The molecule has 0 aliphatic carbocycles. The molecule has 1 aromatic rings. The molecule has 0 N–H and O–H groups in total. The van der Waals surface area contributed by atoms with E-state index in [1.807, 2.05) is 6.07 Å². The van der Waals surface area contributed by atoms with Crippen molar-refractivity contribution in [2.75, 3.05) is 6.67 Å². The van der Waals surface area contributed by atoms with Crippen molar-refractivity contribution in [1.82, 2.24) is 9.43 Å². The van der Waals surface area contributed by atoms with Crippen molar-refractivity contribution < 1.29 is 4.79 Å². The Hall–Kier alpha value is -1.26. The Morgan fingerprint density at radius 3 is 2.62 bits per heavy atom. The number of alkyl halides is 1. The number of rotatable bonds is 3. The van der Waals surface area contributed by atoms with Crippen LogP contribution in [0.5, 0.6) is 0 Å². The minimum Gasteiger partial charge on any atom is -0.290 e. The van der Waals surface area contributed by atoms with Gasteiger partial charge in [0.2, 0.25) is 5.78 Å². The molecule has 0 radical (unpaired) electrons. The van der Waals surface area contributed by atoms with Crippen molar-refractivity contribution in [2.45, 2.75) is 5.50 Å². The number of hydrogen-bond acceptors (Lipinski definition) is 4. The molecule has 0 fully saturated rings. The normalized spacial score (nSPS) is 16.6. The summed E-state index contributed by atoms with van der Waals surface area (Å²) in [7, 11) is 0. The van der Waals surface area contributed by atoms with Crippen LogP contribution in [0.1, 0.15) is 10.4 Å². The Balaban J connectivity index is 2.08. The third-order valence-corrected chi connectivity index (χ3v) is 2.76. The molecule has 0 aromatic heterocycles. The average molecular weight is 258 g/mol. The van der Waals surface area contributed by atoms with E-state index < -0.39 is 5.50 Å². The van der Waals surface area contributed by atoms with Gasteiger partial charge in [-0.2, -0.15) is 5.10 Å². The molecule has 16 heavy (non-hydrogen) atoms. The summed E-state index contributed by atoms with van der Waals surface area (Å²) in [5.41, 5.74) is -0.270. The molecule has 0 spiro atoms. The van der Waals surface area contributed by atoms with Crippen molar-refractivity contribution in [1.29, 1.82) is 0 Å². The highest BCUT2D eigenvalue weighted by Crippen LogP contribution is 2.16. The third kappa shape index (κ3) is 2.28. The summed E-state index contributed by atoms with van der Waals surface area (Å²) in [6.45, 7) is 0.300. The zero-order valence-electron chi connectivity index (χ0n) is 8.25. The SMILES string of the molecule is O=C(c1ccccc1)C(Cl)N1CN(Cl)C=N1. The Labute approximate surface area is 103 Å². The summed E-state index contributed by atoms with van der Waals surface area (Å²) in [5.74, 6) is -0.189. The Bertz CT molecular complexity index is 410. The van der Waals surface area contributed by atoms with Crippen LogP contribution in [0.3, 0.4) is 0 Å². The van der Waals surface area contributed by atoms with Gasteiger partial charge in [-0.05, 0) is 0 Å². The Kier molecular flexibility index (Phi) is 3.31. The molecule has 2 rings (SSSR count). The molecule has 1 heterocycles. The minimum atomic E-state index is -0.831. The van der Waals surface area contributed by atoms with Gasteiger partial charge in [-0.1, -0.05) is 41.9 Å². The van der Waals surface area contributed by atoms with Gasteiger partial charge in [-0.25, -0.2) is 5.01 Å². The third-order valence-electron chi connectivity index (χ3n) is 2.14. The van der Waals surface area contributed by atoms with Crippen molar-refractivity contribution >= 4 is 35.5 Å². The lowest BCUT2D eigenvalue weighted by atomic mass is 10.1. The van der Waals surface area contributed by atoms with E-state index in [1.54, 1.807) is 24.3 Å². The summed E-state index contributed by atoms with van der Waals surface area (Å²) in [6, 6.07) is 8.86. The minimum absolute atomic E-state index is 0.189. The van der Waals surface area contributed by atoms with Crippen LogP contribution in [0, 0.1) is 0 Å². The molecule has 1 aliphatic heterocycles. The van der Waals surface area contributed by atoms with Crippen molar-refractivity contribution in [2.24, 2.45) is 5.10 Å². The van der Waals surface area contributed by atoms with Gasteiger partial charge >= 0.3 is 0 Å². The summed E-state index contributed by atoms with van der Waals surface area (Å²) >= 11 is 11.7. The zero-order chi connectivity index (χ0) is 11.5. The van der Waals surface area contributed by atoms with E-state index in [-0.39, 0.29) is 5.78 Å². The molecule has 0 bridgehead atoms. The number of Topliss-reactive ketones (excluding diaryl/α,β-unsaturated/α-hetero) is 1. The molecule has 0 saturated heterocycles. The second kappa shape index (κ2) is 4.72. The lowest BCUT2D eigenvalue weighted by Crippen LogP contribution is -2.34. The molecule has 1 unspecified atom stereocenters. The number of ketones is 1. The molecule has 1 atom stereocenters. The fraction of sp³-hybridized carbons (Fsp3) is 0.200. The van der Waals surface area contributed by atoms with Crippen LogP contribution in [-0.4, -0.2) is 33.7 Å². The molecule has 4 nitrogen and oxygen atoms in total. The first kappa shape index (κ1) is 11.2. The van der Waals surface area contributed by atoms with E-state index >= 15 is 0 Å². The molecule has 1 aliphatic rings. The molecule has 0 saturated carbocycles. The fourth-order valence-corrected chi connectivity index (χ4v) is 1.73. The summed E-state index contributed by atoms with van der Waals surface area (Å²) in [4.78, 5) is 11.9. The van der Waals surface area contributed by atoms with Gasteiger partial charge in [-0.3, -0.25) is 9.21 Å². The topological polar surface area (TPSA) is 35.9 Å². The van der Waals surface area contributed by atoms with Crippen LogP contribution in [0.25, 0.3) is 0 Å². The first-order valence-corrected chi connectivity index (χ1v) is 5.42. The first-order valence-electron chi connectivity index (χ1n) is 4.65. The Morgan fingerprint density at radius 2 is 2.06 bits per heavy atom. The highest BCUT2D eigenvalue weighted by Gasteiger charge is 2.26. The summed E-state index contributed by atoms with van der Waals surface area (Å²) in [5, 5.41) is 5.33. The van der Waals surface area contributed by atoms with Gasteiger partial charge in [-0.15, -0.1) is 0 Å². The van der Waals surface area contributed by atoms with E-state index in [9.17, 15) is 4.79 Å². The van der Waals surface area contributed by atoms with Crippen molar-refractivity contribution in [3.8, 4) is 0 Å².